The van der Waals surface area contributed by atoms with Crippen molar-refractivity contribution in [3.8, 4) is 0 Å². The number of sulfonamides is 1. The Morgan fingerprint density at radius 2 is 1.79 bits per heavy atom. The minimum absolute atomic E-state index is 0.0410. The largest absolute Gasteiger partial charge is 0.480 e. The molecule has 134 valence electrons. The quantitative estimate of drug-likeness (QED) is 0.846. The molecule has 0 radical (unpaired) electrons. The van der Waals surface area contributed by atoms with Crippen molar-refractivity contribution in [2.75, 3.05) is 6.54 Å². The Morgan fingerprint density at radius 3 is 2.25 bits per heavy atom. The van der Waals surface area contributed by atoms with Gasteiger partial charge in [-0.25, -0.2) is 8.42 Å². The van der Waals surface area contributed by atoms with E-state index in [4.69, 9.17) is 27.9 Å². The van der Waals surface area contributed by atoms with Crippen LogP contribution in [0.5, 0.6) is 0 Å². The van der Waals surface area contributed by atoms with Crippen molar-refractivity contribution in [1.29, 1.82) is 0 Å². The van der Waals surface area contributed by atoms with Crippen LogP contribution in [-0.4, -0.2) is 48.1 Å². The smallest absolute Gasteiger partial charge is 0.322 e. The zero-order valence-electron chi connectivity index (χ0n) is 13.5. The van der Waals surface area contributed by atoms with E-state index in [0.29, 0.717) is 0 Å². The Bertz CT molecular complexity index is 724. The van der Waals surface area contributed by atoms with Gasteiger partial charge in [0.1, 0.15) is 6.04 Å². The van der Waals surface area contributed by atoms with Crippen LogP contribution in [0.4, 0.5) is 0 Å². The Labute approximate surface area is 151 Å². The first-order valence-corrected chi connectivity index (χ1v) is 9.48. The van der Waals surface area contributed by atoms with E-state index in [0.717, 1.165) is 4.31 Å². The van der Waals surface area contributed by atoms with E-state index in [1.54, 1.807) is 0 Å². The minimum Gasteiger partial charge on any atom is -0.480 e. The fraction of sp³-hybridized carbons (Fsp3) is 0.533. The van der Waals surface area contributed by atoms with Gasteiger partial charge in [-0.2, -0.15) is 4.31 Å². The van der Waals surface area contributed by atoms with Gasteiger partial charge in [0.05, 0.1) is 16.6 Å². The lowest BCUT2D eigenvalue weighted by atomic mass is 10.1. The summed E-state index contributed by atoms with van der Waals surface area (Å²) in [5, 5.41) is 9.73. The molecule has 1 heterocycles. The Balaban J connectivity index is 2.37. The van der Waals surface area contributed by atoms with Gasteiger partial charge in [-0.3, -0.25) is 4.79 Å². The molecular formula is C15H19Cl2NO5S. The summed E-state index contributed by atoms with van der Waals surface area (Å²) >= 11 is 11.7. The van der Waals surface area contributed by atoms with Crippen LogP contribution in [-0.2, 0) is 19.6 Å². The van der Waals surface area contributed by atoms with E-state index in [-0.39, 0.29) is 27.9 Å². The lowest BCUT2D eigenvalue weighted by Gasteiger charge is -2.25. The predicted molar refractivity (Wildman–Crippen MR) is 91.0 cm³/mol. The highest BCUT2D eigenvalue weighted by Crippen LogP contribution is 2.32. The van der Waals surface area contributed by atoms with E-state index >= 15 is 0 Å². The molecule has 9 heteroatoms. The second kappa shape index (κ2) is 6.80. The average molecular weight is 396 g/mol. The average Bonchev–Trinajstić information content (AvgIpc) is 2.80. The number of carboxylic acid groups (broad SMARTS) is 1. The van der Waals surface area contributed by atoms with E-state index in [9.17, 15) is 18.3 Å². The first-order chi connectivity index (χ1) is 10.9. The molecule has 1 aromatic rings. The molecular weight excluding hydrogens is 377 g/mol. The van der Waals surface area contributed by atoms with Gasteiger partial charge in [0, 0.05) is 23.0 Å². The summed E-state index contributed by atoms with van der Waals surface area (Å²) in [6, 6.07) is 2.71. The number of benzene rings is 1. The molecule has 1 aliphatic rings. The van der Waals surface area contributed by atoms with Gasteiger partial charge in [-0.05, 0) is 39.0 Å². The van der Waals surface area contributed by atoms with Crippen LogP contribution < -0.4 is 0 Å². The van der Waals surface area contributed by atoms with Crippen molar-refractivity contribution >= 4 is 39.2 Å². The monoisotopic (exact) mass is 395 g/mol. The number of carbonyl (C=O) groups is 1. The molecule has 1 fully saturated rings. The summed E-state index contributed by atoms with van der Waals surface area (Å²) in [5.74, 6) is -1.22. The molecule has 0 bridgehead atoms. The third-order valence-electron chi connectivity index (χ3n) is 3.47. The van der Waals surface area contributed by atoms with Crippen molar-refractivity contribution in [2.45, 2.75) is 49.8 Å². The third-order valence-corrected chi connectivity index (χ3v) is 5.75. The molecule has 0 saturated carbocycles. The number of halogens is 2. The molecule has 1 aromatic carbocycles. The standard InChI is InChI=1S/C15H19Cl2NO5S/c1-15(2,3)23-11-7-13(14(19)20)18(8-11)24(21,22)12-5-9(16)4-10(17)6-12/h4-6,11,13H,7-8H2,1-3H3,(H,19,20)/t11-,13?/m1/s1. The molecule has 1 saturated heterocycles. The summed E-state index contributed by atoms with van der Waals surface area (Å²) < 4.78 is 32.4. The number of rotatable bonds is 4. The van der Waals surface area contributed by atoms with Crippen molar-refractivity contribution in [2.24, 2.45) is 0 Å². The van der Waals surface area contributed by atoms with Gasteiger partial charge in [0.15, 0.2) is 0 Å². The number of carboxylic acids is 1. The van der Waals surface area contributed by atoms with Gasteiger partial charge < -0.3 is 9.84 Å². The van der Waals surface area contributed by atoms with Crippen molar-refractivity contribution in [3.63, 3.8) is 0 Å². The molecule has 24 heavy (non-hydrogen) atoms. The second-order valence-electron chi connectivity index (χ2n) is 6.62. The van der Waals surface area contributed by atoms with Crippen LogP contribution in [0.15, 0.2) is 23.1 Å². The summed E-state index contributed by atoms with van der Waals surface area (Å²) in [5.41, 5.74) is -0.507. The molecule has 6 nitrogen and oxygen atoms in total. The molecule has 0 amide bonds. The van der Waals surface area contributed by atoms with Gasteiger partial charge in [0.25, 0.3) is 0 Å². The predicted octanol–water partition coefficient (Wildman–Crippen LogP) is 3.02. The van der Waals surface area contributed by atoms with Gasteiger partial charge in [-0.1, -0.05) is 23.2 Å². The van der Waals surface area contributed by atoms with Crippen LogP contribution in [0.1, 0.15) is 27.2 Å². The fourth-order valence-corrected chi connectivity index (χ4v) is 5.01. The van der Waals surface area contributed by atoms with Crippen molar-refractivity contribution < 1.29 is 23.1 Å². The normalized spacial score (nSPS) is 22.7. The summed E-state index contributed by atoms with van der Waals surface area (Å²) in [6.45, 7) is 5.45. The first-order valence-electron chi connectivity index (χ1n) is 7.29. The topological polar surface area (TPSA) is 83.9 Å². The maximum atomic E-state index is 12.9. The van der Waals surface area contributed by atoms with Gasteiger partial charge in [-0.15, -0.1) is 0 Å². The van der Waals surface area contributed by atoms with E-state index in [2.05, 4.69) is 0 Å². The molecule has 0 aromatic heterocycles. The Morgan fingerprint density at radius 1 is 1.25 bits per heavy atom. The van der Waals surface area contributed by atoms with Crippen molar-refractivity contribution in [3.05, 3.63) is 28.2 Å². The lowest BCUT2D eigenvalue weighted by Crippen LogP contribution is -2.40. The highest BCUT2D eigenvalue weighted by atomic mass is 35.5. The SMILES string of the molecule is CC(C)(C)O[C@@H]1CC(C(=O)O)N(S(=O)(=O)c2cc(Cl)cc(Cl)c2)C1. The zero-order valence-corrected chi connectivity index (χ0v) is 15.8. The van der Waals surface area contributed by atoms with Crippen LogP contribution in [0.2, 0.25) is 10.0 Å². The summed E-state index contributed by atoms with van der Waals surface area (Å²) in [6.07, 6.45) is -0.421. The molecule has 2 atom stereocenters. The highest BCUT2D eigenvalue weighted by molar-refractivity contribution is 7.89. The lowest BCUT2D eigenvalue weighted by molar-refractivity contribution is -0.141. The highest BCUT2D eigenvalue weighted by Gasteiger charge is 2.45. The maximum Gasteiger partial charge on any atom is 0.322 e. The molecule has 1 aliphatic heterocycles. The maximum absolute atomic E-state index is 12.9. The van der Waals surface area contributed by atoms with Crippen LogP contribution >= 0.6 is 23.2 Å². The van der Waals surface area contributed by atoms with Crippen LogP contribution in [0.3, 0.4) is 0 Å². The molecule has 1 unspecified atom stereocenters. The number of hydrogen-bond donors (Lipinski definition) is 1. The number of hydrogen-bond acceptors (Lipinski definition) is 4. The Kier molecular flexibility index (Phi) is 5.52. The molecule has 1 N–H and O–H groups in total. The molecule has 2 rings (SSSR count). The van der Waals surface area contributed by atoms with Gasteiger partial charge >= 0.3 is 5.97 Å². The summed E-state index contributed by atoms with van der Waals surface area (Å²) in [4.78, 5) is 11.4. The van der Waals surface area contributed by atoms with Gasteiger partial charge in [0.2, 0.25) is 10.0 Å². The van der Waals surface area contributed by atoms with Crippen LogP contribution in [0, 0.1) is 0 Å². The van der Waals surface area contributed by atoms with Crippen LogP contribution in [0.25, 0.3) is 0 Å². The minimum atomic E-state index is -4.06. The van der Waals surface area contributed by atoms with Crippen molar-refractivity contribution in [1.82, 2.24) is 4.31 Å². The second-order valence-corrected chi connectivity index (χ2v) is 9.39. The number of nitrogens with zero attached hydrogens (tertiary/aromatic N) is 1. The fourth-order valence-electron chi connectivity index (χ4n) is 2.66. The third kappa shape index (κ3) is 4.40. The number of ether oxygens (including phenoxy) is 1. The molecule has 0 aliphatic carbocycles. The first kappa shape index (κ1) is 19.5. The van der Waals surface area contributed by atoms with E-state index in [1.165, 1.54) is 18.2 Å². The Hall–Kier alpha value is -0.860. The zero-order chi connectivity index (χ0) is 18.3. The van der Waals surface area contributed by atoms with E-state index in [1.807, 2.05) is 20.8 Å². The molecule has 0 spiro atoms. The number of aliphatic carboxylic acids is 1. The summed E-state index contributed by atoms with van der Waals surface area (Å²) in [7, 11) is -4.06. The van der Waals surface area contributed by atoms with E-state index < -0.39 is 33.7 Å².